The van der Waals surface area contributed by atoms with Crippen LogP contribution >= 0.6 is 0 Å². The van der Waals surface area contributed by atoms with Crippen molar-refractivity contribution in [2.24, 2.45) is 0 Å². The molecule has 2 heterocycles. The van der Waals surface area contributed by atoms with Crippen LogP contribution in [-0.2, 0) is 95.6 Å². The monoisotopic (exact) mass is 2060 g/mol. The molecular formula is C74H128GdN12O45+3. The van der Waals surface area contributed by atoms with Crippen LogP contribution < -0.4 is 16.0 Å². The van der Waals surface area contributed by atoms with Gasteiger partial charge in [0.1, 0.15) is 85.3 Å². The third-order valence-electron chi connectivity index (χ3n) is 20.6. The summed E-state index contributed by atoms with van der Waals surface area (Å²) in [7, 11) is 0. The Hall–Kier alpha value is -7.71. The third-order valence-corrected chi connectivity index (χ3v) is 20.6. The van der Waals surface area contributed by atoms with Crippen LogP contribution in [0.25, 0.3) is 0 Å². The first-order chi connectivity index (χ1) is 61.5. The molecule has 0 amide bonds. The fraction of sp³-hybridized carbons (Fsp3) is 0.797. The Kier molecular flexibility index (Phi) is 61.0. The summed E-state index contributed by atoms with van der Waals surface area (Å²) < 4.78 is 29.3. The number of hydrogen-bond donors (Lipinski definition) is 28. The van der Waals surface area contributed by atoms with Crippen LogP contribution in [0.3, 0.4) is 0 Å². The Morgan fingerprint density at radius 2 is 0.621 bits per heavy atom. The molecule has 2 fully saturated rings. The largest absolute Gasteiger partial charge is 3.00 e. The number of carboxylic acid groups (broad SMARTS) is 15. The Morgan fingerprint density at radius 1 is 0.326 bits per heavy atom. The van der Waals surface area contributed by atoms with Gasteiger partial charge in [-0.25, -0.2) is 0 Å². The van der Waals surface area contributed by atoms with Crippen LogP contribution in [0.15, 0.2) is 0 Å². The maximum Gasteiger partial charge on any atom is 3.00 e. The Morgan fingerprint density at radius 3 is 0.932 bits per heavy atom. The molecule has 57 nitrogen and oxygen atoms in total. The molecule has 2 aliphatic rings. The Labute approximate surface area is 786 Å². The van der Waals surface area contributed by atoms with Crippen molar-refractivity contribution < 1.29 is 263 Å². The zero-order valence-corrected chi connectivity index (χ0v) is 74.4. The molecule has 1 radical (unpaired) electrons. The molecule has 0 aromatic carbocycles. The number of ether oxygens (including phenoxy) is 5. The second-order valence-corrected chi connectivity index (χ2v) is 31.1. The summed E-state index contributed by atoms with van der Waals surface area (Å²) in [6.07, 6.45) is -31.3. The summed E-state index contributed by atoms with van der Waals surface area (Å²) in [5.74, 6) is -21.6. The quantitative estimate of drug-likeness (QED) is 0.0251. The average molecular weight is 2060 g/mol. The van der Waals surface area contributed by atoms with Crippen LogP contribution in [0.1, 0.15) is 51.4 Å². The number of hydrogen-bond acceptors (Lipinski definition) is 42. The summed E-state index contributed by atoms with van der Waals surface area (Å²) >= 11 is 0. The van der Waals surface area contributed by atoms with Crippen LogP contribution in [-0.4, -0.2) is 588 Å². The van der Waals surface area contributed by atoms with E-state index in [-0.39, 0.29) is 170 Å². The van der Waals surface area contributed by atoms with E-state index in [4.69, 9.17) is 23.7 Å². The number of nitrogens with zero attached hydrogens (tertiary/aromatic N) is 9. The normalized spacial score (nSPS) is 20.7. The van der Waals surface area contributed by atoms with Crippen LogP contribution in [0, 0.1) is 39.9 Å². The van der Waals surface area contributed by atoms with Crippen molar-refractivity contribution >= 4 is 89.5 Å². The fourth-order valence-electron chi connectivity index (χ4n) is 14.3. The molecule has 28 N–H and O–H groups in total. The van der Waals surface area contributed by atoms with Gasteiger partial charge in [0.15, 0.2) is 12.6 Å². The molecule has 10 unspecified atom stereocenters. The van der Waals surface area contributed by atoms with Crippen molar-refractivity contribution in [2.75, 3.05) is 216 Å². The predicted octanol–water partition coefficient (Wildman–Crippen LogP) is -13.6. The van der Waals surface area contributed by atoms with Gasteiger partial charge in [0.05, 0.1) is 111 Å². The van der Waals surface area contributed by atoms with Gasteiger partial charge in [0, 0.05) is 98.2 Å². The first-order valence-electron chi connectivity index (χ1n) is 41.5. The second-order valence-electron chi connectivity index (χ2n) is 31.1. The van der Waals surface area contributed by atoms with Gasteiger partial charge in [-0.3, -0.25) is 116 Å². The summed E-state index contributed by atoms with van der Waals surface area (Å²) in [6.45, 7) is -18.1. The molecule has 58 heteroatoms. The zero-order chi connectivity index (χ0) is 98.9. The van der Waals surface area contributed by atoms with Gasteiger partial charge in [-0.05, 0) is 58.2 Å². The summed E-state index contributed by atoms with van der Waals surface area (Å²) in [4.78, 5) is 188. The smallest absolute Gasteiger partial charge is 0.480 e. The van der Waals surface area contributed by atoms with Gasteiger partial charge in [-0.1, -0.05) is 12.8 Å². The summed E-state index contributed by atoms with van der Waals surface area (Å²) in [6, 6.07) is -4.41. The molecule has 0 aromatic heterocycles. The Balaban J connectivity index is 0.0000871. The molecule has 0 bridgehead atoms. The molecule has 0 aliphatic carbocycles. The standard InChI is InChI=1S/C74H128N12O45.Gd/c87-39-49-63(116)64(117)66(119)73(129-49)131-69-48(26-77-11-5-8-45(72(125)126)86(22-16-82(35-58(107)108)36-59(109)110)23-17-83(37-60(111)112)38-61(113)114)128-74(67(120)65(69)118)130-68(62(115)46(89)25-76-10-4-2-7-44(71(123)124)85(20-14-80(31-54(99)100)32-55(101)102)21-15-81(33-56(103)104)34-57(105)106)47(90)41-127-40-42(88)24-75-9-3-1-6-43(70(121)122)84(18-12-78(27-50(91)92)28-51(93)94)19-13-79(29-52(95)96)30-53(97)98;/h42-49,62-69,73-77,87-90,115-120H,1-41H2,(H,91,92)(H,93,94)(H,95,96)(H,97,98)(H,99,100)(H,101,102)(H,103,104)(H,105,106)(H,107,108)(H,109,110)(H,111,112)(H,113,114)(H,121,122)(H,123,124)(H,125,126);/q;+3/t42?,43?,44?,45?,46?,47?,48-,49-,62?,63?,64+,65-,66-,67-,68?,69?,73+,74+;/m1./s1. The predicted molar refractivity (Wildman–Crippen MR) is 434 cm³/mol. The first kappa shape index (κ1) is 122. The van der Waals surface area contributed by atoms with E-state index in [0.29, 0.717) is 0 Å². The van der Waals surface area contributed by atoms with Gasteiger partial charge in [0.2, 0.25) is 0 Å². The molecular weight excluding hydrogens is 1930 g/mol. The summed E-state index contributed by atoms with van der Waals surface area (Å²) in [5, 5.41) is 267. The van der Waals surface area contributed by atoms with Crippen LogP contribution in [0.2, 0.25) is 0 Å². The molecule has 0 spiro atoms. The van der Waals surface area contributed by atoms with Crippen molar-refractivity contribution in [1.82, 2.24) is 60.0 Å². The molecule has 759 valence electrons. The molecule has 132 heavy (non-hydrogen) atoms. The molecule has 2 rings (SSSR count). The average Bonchev–Trinajstić information content (AvgIpc) is 0.779. The van der Waals surface area contributed by atoms with Gasteiger partial charge in [-0.2, -0.15) is 0 Å². The number of aliphatic carboxylic acids is 15. The fourth-order valence-corrected chi connectivity index (χ4v) is 14.3. The van der Waals surface area contributed by atoms with E-state index in [1.807, 2.05) is 0 Å². The topological polar surface area (TPSA) is 873 Å². The Bertz CT molecular complexity index is 3330. The van der Waals surface area contributed by atoms with E-state index in [2.05, 4.69) is 16.0 Å². The second kappa shape index (κ2) is 65.9. The SMILES string of the molecule is O=C(O)CN(CCN(CCN(CC(=O)O)CC(=O)O)C(CCCCNCC(O)COCC(O)C(O[C@@H]1O[C@H](CNCCCC(C(=O)O)N(CCN(CC(=O)O)CC(=O)O)CCN(CC(=O)O)CC(=O)O)C(O[C@@H]2O[C@H](CO)C(O)[C@H](O)[C@H]2O)[C@H](O)[C@H]1O)C(O)C(O)CNCCCCC(C(=O)O)N(CCN(CC(=O)O)CC(=O)O)CCN(CC(=O)O)CC(=O)O)C(=O)O)CC(=O)O.[Gd+3]. The maximum atomic E-state index is 13.1. The third kappa shape index (κ3) is 50.7. The van der Waals surface area contributed by atoms with E-state index >= 15 is 0 Å². The summed E-state index contributed by atoms with van der Waals surface area (Å²) in [5.41, 5.74) is 0. The number of carbonyl (C=O) groups is 15. The van der Waals surface area contributed by atoms with Gasteiger partial charge < -0.3 is 167 Å². The van der Waals surface area contributed by atoms with Crippen molar-refractivity contribution in [3.8, 4) is 0 Å². The number of aliphatic hydroxyl groups excluding tert-OH is 10. The van der Waals surface area contributed by atoms with Gasteiger partial charge in [-0.15, -0.1) is 0 Å². The van der Waals surface area contributed by atoms with Crippen molar-refractivity contribution in [2.45, 2.75) is 161 Å². The van der Waals surface area contributed by atoms with Gasteiger partial charge >= 0.3 is 129 Å². The van der Waals surface area contributed by atoms with E-state index < -0.39 is 337 Å². The number of rotatable bonds is 80. The van der Waals surface area contributed by atoms with Crippen molar-refractivity contribution in [1.29, 1.82) is 0 Å². The van der Waals surface area contributed by atoms with E-state index in [0.717, 1.165) is 29.4 Å². The zero-order valence-electron chi connectivity index (χ0n) is 72.1. The number of carboxylic acids is 15. The van der Waals surface area contributed by atoms with Crippen molar-refractivity contribution in [3.05, 3.63) is 0 Å². The maximum absolute atomic E-state index is 13.1. The molecule has 0 saturated carbocycles. The van der Waals surface area contributed by atoms with Crippen LogP contribution in [0.5, 0.6) is 0 Å². The molecule has 2 saturated heterocycles. The minimum Gasteiger partial charge on any atom is -0.480 e. The number of unbranched alkanes of at least 4 members (excludes halogenated alkanes) is 2. The molecule has 2 aliphatic heterocycles. The van der Waals surface area contributed by atoms with Gasteiger partial charge in [0.25, 0.3) is 0 Å². The first-order valence-corrected chi connectivity index (χ1v) is 41.5. The number of nitrogens with one attached hydrogen (secondary N) is 3. The van der Waals surface area contributed by atoms with E-state index in [1.165, 1.54) is 14.7 Å². The minimum atomic E-state index is -2.39. The minimum absolute atomic E-state index is 0. The molecule has 0 aromatic rings. The van der Waals surface area contributed by atoms with Crippen LogP contribution in [0.4, 0.5) is 0 Å². The van der Waals surface area contributed by atoms with Crippen molar-refractivity contribution in [3.63, 3.8) is 0 Å². The number of aliphatic hydroxyl groups is 10. The van der Waals surface area contributed by atoms with E-state index in [9.17, 15) is 200 Å². The molecule has 18 atom stereocenters. The van der Waals surface area contributed by atoms with E-state index in [1.54, 1.807) is 0 Å².